The van der Waals surface area contributed by atoms with Crippen molar-refractivity contribution in [2.24, 2.45) is 0 Å². The highest BCUT2D eigenvalue weighted by Gasteiger charge is 2.25. The highest BCUT2D eigenvalue weighted by Crippen LogP contribution is 2.49. The van der Waals surface area contributed by atoms with Crippen LogP contribution >= 0.6 is 31.0 Å². The smallest absolute Gasteiger partial charge is 0.460 e. The van der Waals surface area contributed by atoms with Crippen LogP contribution in [0.25, 0.3) is 0 Å². The lowest BCUT2D eigenvalue weighted by atomic mass is 10.6. The number of alkyl halides is 2. The molecule has 9 heteroatoms. The summed E-state index contributed by atoms with van der Waals surface area (Å²) in [5.41, 5.74) is 0. The first kappa shape index (κ1) is 15.9. The third kappa shape index (κ3) is 7.22. The summed E-state index contributed by atoms with van der Waals surface area (Å²) < 4.78 is 29.9. The number of carbonyl (C=O) groups is 1. The number of halogens is 2. The summed E-state index contributed by atoms with van der Waals surface area (Å²) in [6.45, 7) is 2.90. The maximum Gasteiger partial charge on any atom is 0.477 e. The van der Waals surface area contributed by atoms with Crippen LogP contribution in [0.2, 0.25) is 0 Å². The van der Waals surface area contributed by atoms with E-state index < -0.39 is 13.8 Å². The average Bonchev–Trinajstić information content (AvgIpc) is 2.25. The van der Waals surface area contributed by atoms with Gasteiger partial charge in [-0.3, -0.25) is 13.6 Å². The number of hydrogen-bond donors (Lipinski definition) is 0. The molecule has 0 aromatic heterocycles. The first-order valence-electron chi connectivity index (χ1n) is 4.02. The molecule has 0 aliphatic rings. The van der Waals surface area contributed by atoms with Gasteiger partial charge in [0.1, 0.15) is 18.7 Å². The lowest BCUT2D eigenvalue weighted by Crippen LogP contribution is -2.09. The summed E-state index contributed by atoms with van der Waals surface area (Å²) in [6.07, 6.45) is 0.990. The van der Waals surface area contributed by atoms with Crippen molar-refractivity contribution < 1.29 is 27.7 Å². The minimum absolute atomic E-state index is 0.119. The Balaban J connectivity index is 3.89. The van der Waals surface area contributed by atoms with E-state index >= 15 is 0 Å². The van der Waals surface area contributed by atoms with Gasteiger partial charge in [-0.15, -0.1) is 0 Å². The molecule has 6 nitrogen and oxygen atoms in total. The van der Waals surface area contributed by atoms with Crippen LogP contribution in [0.1, 0.15) is 0 Å². The van der Waals surface area contributed by atoms with Crippen molar-refractivity contribution in [3.05, 3.63) is 12.7 Å². The van der Waals surface area contributed by atoms with Crippen LogP contribution in [0, 0.1) is 0 Å². The van der Waals surface area contributed by atoms with Crippen LogP contribution in [0.4, 0.5) is 0 Å². The van der Waals surface area contributed by atoms with Crippen LogP contribution in [0.3, 0.4) is 0 Å². The Bertz CT molecular complexity index is 262. The molecule has 0 radical (unpaired) electrons. The third-order valence-electron chi connectivity index (χ3n) is 1.16. The number of esters is 1. The van der Waals surface area contributed by atoms with Gasteiger partial charge in [-0.05, 0) is 0 Å². The second kappa shape index (κ2) is 8.98. The largest absolute Gasteiger partial charge is 0.477 e. The fourth-order valence-corrected chi connectivity index (χ4v) is 2.06. The molecule has 0 amide bonds. The lowest BCUT2D eigenvalue weighted by Gasteiger charge is -2.14. The fraction of sp³-hybridized carbons (Fsp3) is 0.571. The van der Waals surface area contributed by atoms with Crippen molar-refractivity contribution in [2.45, 2.75) is 0 Å². The van der Waals surface area contributed by atoms with Crippen molar-refractivity contribution >= 4 is 37.0 Å². The van der Waals surface area contributed by atoms with Crippen LogP contribution in [-0.4, -0.2) is 31.3 Å². The number of carbonyl (C=O) groups excluding carboxylic acids is 1. The zero-order chi connectivity index (χ0) is 12.4. The molecule has 0 unspecified atom stereocenters. The summed E-state index contributed by atoms with van der Waals surface area (Å²) in [6, 6.07) is -0.749. The molecular weight excluding hydrogens is 282 g/mol. The molecule has 0 atom stereocenters. The lowest BCUT2D eigenvalue weighted by molar-refractivity contribution is -0.138. The maximum atomic E-state index is 11.5. The third-order valence-corrected chi connectivity index (χ3v) is 3.07. The topological polar surface area (TPSA) is 71.1 Å². The predicted octanol–water partition coefficient (Wildman–Crippen LogP) is 2.27. The quantitative estimate of drug-likeness (QED) is 0.213. The second-order valence-electron chi connectivity index (χ2n) is 2.13. The van der Waals surface area contributed by atoms with E-state index in [0.717, 1.165) is 6.08 Å². The Hall–Kier alpha value is -0.100. The van der Waals surface area contributed by atoms with Gasteiger partial charge in [0.05, 0.1) is 6.61 Å². The first-order chi connectivity index (χ1) is 7.58. The molecule has 0 aromatic rings. The van der Waals surface area contributed by atoms with Gasteiger partial charge >= 0.3 is 13.8 Å². The number of hydrogen-bond acceptors (Lipinski definition) is 6. The molecule has 0 rings (SSSR count). The SMILES string of the molecule is C=CC(=O)OCCOP(=O)(OCCl)OCCl. The van der Waals surface area contributed by atoms with Gasteiger partial charge in [-0.1, -0.05) is 29.8 Å². The Kier molecular flexibility index (Phi) is 8.93. The van der Waals surface area contributed by atoms with Crippen molar-refractivity contribution in [1.29, 1.82) is 0 Å². The average molecular weight is 293 g/mol. The van der Waals surface area contributed by atoms with E-state index in [4.69, 9.17) is 27.7 Å². The molecule has 94 valence electrons. The van der Waals surface area contributed by atoms with Crippen molar-refractivity contribution in [3.8, 4) is 0 Å². The Labute approximate surface area is 103 Å². The molecule has 0 heterocycles. The van der Waals surface area contributed by atoms with Gasteiger partial charge in [0, 0.05) is 6.08 Å². The molecule has 16 heavy (non-hydrogen) atoms. The summed E-state index contributed by atoms with van der Waals surface area (Å²) in [7, 11) is -3.77. The van der Waals surface area contributed by atoms with Crippen LogP contribution in [-0.2, 0) is 27.7 Å². The van der Waals surface area contributed by atoms with Crippen LogP contribution in [0.5, 0.6) is 0 Å². The van der Waals surface area contributed by atoms with Crippen molar-refractivity contribution in [3.63, 3.8) is 0 Å². The first-order valence-corrected chi connectivity index (χ1v) is 6.55. The van der Waals surface area contributed by atoms with E-state index in [1.807, 2.05) is 0 Å². The Morgan fingerprint density at radius 1 is 1.19 bits per heavy atom. The standard InChI is InChI=1S/C7H11Cl2O6P/c1-2-7(10)12-3-4-13-16(11,14-5-8)15-6-9/h2H,1,3-6H2. The molecule has 0 fully saturated rings. The molecule has 0 aliphatic heterocycles. The molecule has 0 bridgehead atoms. The van der Waals surface area contributed by atoms with Crippen molar-refractivity contribution in [1.82, 2.24) is 0 Å². The highest BCUT2D eigenvalue weighted by atomic mass is 35.5. The number of rotatable bonds is 9. The Morgan fingerprint density at radius 2 is 1.75 bits per heavy atom. The summed E-state index contributed by atoms with van der Waals surface area (Å²) in [5, 5.41) is 0. The monoisotopic (exact) mass is 292 g/mol. The van der Waals surface area contributed by atoms with E-state index in [0.29, 0.717) is 0 Å². The number of phosphoric ester groups is 1. The van der Waals surface area contributed by atoms with E-state index in [1.54, 1.807) is 0 Å². The summed E-state index contributed by atoms with van der Waals surface area (Å²) in [5.74, 6) is -0.616. The predicted molar refractivity (Wildman–Crippen MR) is 58.3 cm³/mol. The van der Waals surface area contributed by atoms with Crippen LogP contribution in [0.15, 0.2) is 12.7 Å². The minimum Gasteiger partial charge on any atom is -0.460 e. The van der Waals surface area contributed by atoms with E-state index in [9.17, 15) is 9.36 Å². The van der Waals surface area contributed by atoms with Crippen LogP contribution < -0.4 is 0 Å². The minimum atomic E-state index is -3.77. The van der Waals surface area contributed by atoms with E-state index in [-0.39, 0.29) is 25.3 Å². The van der Waals surface area contributed by atoms with Gasteiger partial charge in [0.15, 0.2) is 0 Å². The molecule has 0 aliphatic carbocycles. The van der Waals surface area contributed by atoms with Gasteiger partial charge in [0.2, 0.25) is 0 Å². The summed E-state index contributed by atoms with van der Waals surface area (Å²) >= 11 is 10.4. The normalized spacial score (nSPS) is 11.1. The molecule has 0 N–H and O–H groups in total. The number of ether oxygens (including phenoxy) is 1. The molecule has 0 saturated heterocycles. The molecule has 0 spiro atoms. The summed E-state index contributed by atoms with van der Waals surface area (Å²) in [4.78, 5) is 10.6. The van der Waals surface area contributed by atoms with E-state index in [1.165, 1.54) is 0 Å². The van der Waals surface area contributed by atoms with Gasteiger partial charge in [-0.2, -0.15) is 0 Å². The molecule has 0 aromatic carbocycles. The van der Waals surface area contributed by atoms with Crippen molar-refractivity contribution in [2.75, 3.05) is 25.3 Å². The van der Waals surface area contributed by atoms with Gasteiger partial charge < -0.3 is 4.74 Å². The number of phosphoric acid groups is 1. The van der Waals surface area contributed by atoms with Gasteiger partial charge in [0.25, 0.3) is 0 Å². The Morgan fingerprint density at radius 3 is 2.19 bits per heavy atom. The molecule has 0 saturated carbocycles. The zero-order valence-electron chi connectivity index (χ0n) is 8.27. The fourth-order valence-electron chi connectivity index (χ4n) is 0.582. The molecular formula is C7H11Cl2O6P. The van der Waals surface area contributed by atoms with E-state index in [2.05, 4.69) is 20.4 Å². The second-order valence-corrected chi connectivity index (χ2v) is 4.23. The zero-order valence-corrected chi connectivity index (χ0v) is 10.7. The highest BCUT2D eigenvalue weighted by molar-refractivity contribution is 7.48. The maximum absolute atomic E-state index is 11.5. The van der Waals surface area contributed by atoms with Gasteiger partial charge in [-0.25, -0.2) is 9.36 Å².